The summed E-state index contributed by atoms with van der Waals surface area (Å²) in [4.78, 5) is 25.6. The van der Waals surface area contributed by atoms with Gasteiger partial charge in [0.05, 0.1) is 5.39 Å². The Bertz CT molecular complexity index is 1190. The molecule has 1 aromatic heterocycles. The topological polar surface area (TPSA) is 47.3 Å². The average molecular weight is 368 g/mol. The zero-order valence-corrected chi connectivity index (χ0v) is 15.6. The van der Waals surface area contributed by atoms with Crippen molar-refractivity contribution in [2.24, 2.45) is 0 Å². The third-order valence-corrected chi connectivity index (χ3v) is 4.90. The fourth-order valence-electron chi connectivity index (χ4n) is 3.51. The zero-order valence-electron chi connectivity index (χ0n) is 15.6. The molecule has 0 saturated heterocycles. The molecule has 0 bridgehead atoms. The van der Waals surface area contributed by atoms with Crippen LogP contribution in [0.3, 0.4) is 0 Å². The second-order valence-corrected chi connectivity index (χ2v) is 6.77. The number of hydrogen-bond acceptors (Lipinski definition) is 3. The molecule has 0 aliphatic carbocycles. The number of aryl methyl sites for hydroxylation is 1. The number of carbonyl (C=O) groups is 1. The molecule has 28 heavy (non-hydrogen) atoms. The first-order valence-corrected chi connectivity index (χ1v) is 9.44. The molecule has 0 atom stereocenters. The maximum Gasteiger partial charge on any atom is 0.344 e. The Balaban J connectivity index is 1.78. The van der Waals surface area contributed by atoms with Crippen molar-refractivity contribution in [1.82, 2.24) is 0 Å². The summed E-state index contributed by atoms with van der Waals surface area (Å²) in [6.07, 6.45) is 1.53. The van der Waals surface area contributed by atoms with Crippen molar-refractivity contribution < 1.29 is 9.21 Å². The fourth-order valence-corrected chi connectivity index (χ4v) is 3.51. The number of carbonyl (C=O) groups excluding carboxylic acids is 1. The van der Waals surface area contributed by atoms with Crippen molar-refractivity contribution in [3.05, 3.63) is 106 Å². The predicted octanol–water partition coefficient (Wildman–Crippen LogP) is 5.64. The molecule has 0 saturated carbocycles. The Kier molecular flexibility index (Phi) is 4.90. The van der Waals surface area contributed by atoms with E-state index < -0.39 is 5.63 Å². The Morgan fingerprint density at radius 3 is 2.07 bits per heavy atom. The first-order valence-electron chi connectivity index (χ1n) is 9.44. The summed E-state index contributed by atoms with van der Waals surface area (Å²) in [5.74, 6) is -0.107. The molecule has 1 heterocycles. The van der Waals surface area contributed by atoms with Crippen molar-refractivity contribution in [3.63, 3.8) is 0 Å². The molecular formula is C25H20O3. The molecule has 4 aromatic rings. The van der Waals surface area contributed by atoms with E-state index in [1.807, 2.05) is 61.5 Å². The quantitative estimate of drug-likeness (QED) is 0.428. The third-order valence-electron chi connectivity index (χ3n) is 4.90. The van der Waals surface area contributed by atoms with Gasteiger partial charge in [-0.25, -0.2) is 4.79 Å². The number of ketones is 1. The van der Waals surface area contributed by atoms with Gasteiger partial charge in [0.15, 0.2) is 5.76 Å². The van der Waals surface area contributed by atoms with Crippen LogP contribution in [0.1, 0.15) is 35.0 Å². The second kappa shape index (κ2) is 7.65. The summed E-state index contributed by atoms with van der Waals surface area (Å²) in [5, 5.41) is 1.31. The lowest BCUT2D eigenvalue weighted by Crippen LogP contribution is -2.12. The van der Waals surface area contributed by atoms with E-state index in [9.17, 15) is 9.59 Å². The molecule has 3 nitrogen and oxygen atoms in total. The van der Waals surface area contributed by atoms with Gasteiger partial charge in [-0.15, -0.1) is 0 Å². The highest BCUT2D eigenvalue weighted by Gasteiger charge is 2.20. The highest BCUT2D eigenvalue weighted by molar-refractivity contribution is 6.10. The van der Waals surface area contributed by atoms with E-state index >= 15 is 0 Å². The smallest absolute Gasteiger partial charge is 0.344 e. The van der Waals surface area contributed by atoms with Crippen LogP contribution < -0.4 is 5.63 Å². The van der Waals surface area contributed by atoms with Crippen LogP contribution in [0.25, 0.3) is 21.9 Å². The zero-order chi connectivity index (χ0) is 19.5. The van der Waals surface area contributed by atoms with E-state index in [1.165, 1.54) is 0 Å². The minimum atomic E-state index is -0.472. The minimum Gasteiger partial charge on any atom is -0.418 e. The summed E-state index contributed by atoms with van der Waals surface area (Å²) in [6.45, 7) is 2.04. The van der Waals surface area contributed by atoms with Gasteiger partial charge in [0.1, 0.15) is 0 Å². The van der Waals surface area contributed by atoms with Crippen molar-refractivity contribution in [2.45, 2.75) is 19.8 Å². The Labute approximate surface area is 163 Å². The first kappa shape index (κ1) is 17.9. The van der Waals surface area contributed by atoms with Gasteiger partial charge in [0.2, 0.25) is 5.78 Å². The molecule has 0 radical (unpaired) electrons. The molecule has 138 valence electrons. The highest BCUT2D eigenvalue weighted by Crippen LogP contribution is 2.25. The normalized spacial score (nSPS) is 10.9. The Morgan fingerprint density at radius 1 is 0.786 bits per heavy atom. The molecule has 0 aliphatic heterocycles. The first-order chi connectivity index (χ1) is 13.7. The van der Waals surface area contributed by atoms with Gasteiger partial charge >= 0.3 is 5.63 Å². The van der Waals surface area contributed by atoms with Crippen molar-refractivity contribution in [3.8, 4) is 11.1 Å². The maximum atomic E-state index is 13.2. The Hall–Kier alpha value is -3.46. The summed E-state index contributed by atoms with van der Waals surface area (Å²) in [7, 11) is 0. The molecule has 3 aromatic carbocycles. The minimum absolute atomic E-state index is 0.151. The van der Waals surface area contributed by atoms with Gasteiger partial charge in [0, 0.05) is 11.1 Å². The number of rotatable bonds is 5. The van der Waals surface area contributed by atoms with Gasteiger partial charge in [-0.2, -0.15) is 0 Å². The number of fused-ring (bicyclic) bond motifs is 1. The van der Waals surface area contributed by atoms with Crippen molar-refractivity contribution in [2.75, 3.05) is 0 Å². The van der Waals surface area contributed by atoms with Crippen LogP contribution in [0.4, 0.5) is 0 Å². The van der Waals surface area contributed by atoms with E-state index in [-0.39, 0.29) is 11.5 Å². The molecule has 0 amide bonds. The predicted molar refractivity (Wildman–Crippen MR) is 112 cm³/mol. The largest absolute Gasteiger partial charge is 0.418 e. The molecule has 3 heteroatoms. The van der Waals surface area contributed by atoms with E-state index in [0.717, 1.165) is 28.5 Å². The van der Waals surface area contributed by atoms with Crippen LogP contribution >= 0.6 is 0 Å². The van der Waals surface area contributed by atoms with Crippen LogP contribution in [-0.2, 0) is 6.42 Å². The molecular weight excluding hydrogens is 348 g/mol. The van der Waals surface area contributed by atoms with Gasteiger partial charge in [-0.1, -0.05) is 86.1 Å². The lowest BCUT2D eigenvalue weighted by molar-refractivity contribution is 0.100. The monoisotopic (exact) mass is 368 g/mol. The summed E-state index contributed by atoms with van der Waals surface area (Å²) in [6, 6.07) is 24.7. The van der Waals surface area contributed by atoms with Gasteiger partial charge in [0.25, 0.3) is 0 Å². The van der Waals surface area contributed by atoms with Crippen LogP contribution in [0.15, 0.2) is 88.1 Å². The Morgan fingerprint density at radius 2 is 1.39 bits per heavy atom. The van der Waals surface area contributed by atoms with E-state index in [2.05, 4.69) is 0 Å². The van der Waals surface area contributed by atoms with E-state index in [0.29, 0.717) is 17.4 Å². The van der Waals surface area contributed by atoms with Crippen molar-refractivity contribution in [1.29, 1.82) is 0 Å². The molecule has 0 aliphatic rings. The van der Waals surface area contributed by atoms with E-state index in [4.69, 9.17) is 4.42 Å². The van der Waals surface area contributed by atoms with Crippen LogP contribution in [0, 0.1) is 0 Å². The molecule has 0 N–H and O–H groups in total. The fraction of sp³-hybridized carbons (Fsp3) is 0.120. The van der Waals surface area contributed by atoms with Gasteiger partial charge in [-0.05, 0) is 29.0 Å². The van der Waals surface area contributed by atoms with Crippen LogP contribution in [0.2, 0.25) is 0 Å². The maximum absolute atomic E-state index is 13.2. The molecule has 0 spiro atoms. The molecule has 0 unspecified atom stereocenters. The third kappa shape index (κ3) is 3.27. The summed E-state index contributed by atoms with van der Waals surface area (Å²) >= 11 is 0. The molecule has 0 fully saturated rings. The average Bonchev–Trinajstić information content (AvgIpc) is 2.76. The summed E-state index contributed by atoms with van der Waals surface area (Å²) < 4.78 is 5.50. The van der Waals surface area contributed by atoms with Gasteiger partial charge in [-0.3, -0.25) is 4.79 Å². The number of hydrogen-bond donors (Lipinski definition) is 0. The van der Waals surface area contributed by atoms with E-state index in [1.54, 1.807) is 24.3 Å². The number of benzene rings is 3. The van der Waals surface area contributed by atoms with Crippen LogP contribution in [-0.4, -0.2) is 5.78 Å². The lowest BCUT2D eigenvalue weighted by atomic mass is 9.96. The van der Waals surface area contributed by atoms with Gasteiger partial charge < -0.3 is 4.42 Å². The lowest BCUT2D eigenvalue weighted by Gasteiger charge is -2.10. The second-order valence-electron chi connectivity index (χ2n) is 6.77. The standard InChI is InChI=1S/C25H20O3/c1-2-8-21-20-11-6-7-12-22(20)25(27)28-24(21)23(26)19-15-13-18(14-16-19)17-9-4-3-5-10-17/h3-7,9-16H,2,8H2,1H3. The molecule has 4 rings (SSSR count). The highest BCUT2D eigenvalue weighted by atomic mass is 16.4. The van der Waals surface area contributed by atoms with Crippen molar-refractivity contribution >= 4 is 16.6 Å². The van der Waals surface area contributed by atoms with Crippen LogP contribution in [0.5, 0.6) is 0 Å². The summed E-state index contributed by atoms with van der Waals surface area (Å²) in [5.41, 5.74) is 2.96. The SMILES string of the molecule is CCCc1c(C(=O)c2ccc(-c3ccccc3)cc2)oc(=O)c2ccccc12.